The number of rotatable bonds is 5. The third kappa shape index (κ3) is 4.55. The van der Waals surface area contributed by atoms with Gasteiger partial charge in [-0.3, -0.25) is 4.79 Å². The second-order valence-electron chi connectivity index (χ2n) is 6.67. The van der Waals surface area contributed by atoms with E-state index in [9.17, 15) is 18.3 Å². The summed E-state index contributed by atoms with van der Waals surface area (Å²) in [4.78, 5) is 12.8. The number of hydrogen-bond acceptors (Lipinski definition) is 5. The third-order valence-electron chi connectivity index (χ3n) is 4.95. The maximum absolute atomic E-state index is 12.9. The largest absolute Gasteiger partial charge is 0.391 e. The van der Waals surface area contributed by atoms with Crippen LogP contribution in [0.1, 0.15) is 19.3 Å². The van der Waals surface area contributed by atoms with Crippen molar-refractivity contribution in [1.29, 1.82) is 0 Å². The standard InChI is InChI=1S/C17H25N3O4S.ClH/c21-16-12-18-10-13(16)11-19-17(22)15-8-4-5-9-20(15)25(23,24)14-6-2-1-3-7-14;/h1-3,6-7,13,15-16,18,21H,4-5,8-12H2,(H,19,22);1H. The number of nitrogens with zero attached hydrogens (tertiary/aromatic N) is 1. The van der Waals surface area contributed by atoms with Crippen molar-refractivity contribution >= 4 is 28.3 Å². The van der Waals surface area contributed by atoms with Crippen LogP contribution in [0.4, 0.5) is 0 Å². The van der Waals surface area contributed by atoms with E-state index in [-0.39, 0.29) is 29.1 Å². The minimum absolute atomic E-state index is 0. The van der Waals surface area contributed by atoms with Gasteiger partial charge in [-0.05, 0) is 25.0 Å². The summed E-state index contributed by atoms with van der Waals surface area (Å²) in [5.41, 5.74) is 0. The Labute approximate surface area is 160 Å². The summed E-state index contributed by atoms with van der Waals surface area (Å²) < 4.78 is 27.1. The van der Waals surface area contributed by atoms with Crippen molar-refractivity contribution in [2.45, 2.75) is 36.3 Å². The van der Waals surface area contributed by atoms with Crippen molar-refractivity contribution in [2.75, 3.05) is 26.2 Å². The molecule has 3 unspecified atom stereocenters. The monoisotopic (exact) mass is 403 g/mol. The summed E-state index contributed by atoms with van der Waals surface area (Å²) in [6, 6.07) is 7.55. The first-order chi connectivity index (χ1) is 12.0. The van der Waals surface area contributed by atoms with Gasteiger partial charge in [0.1, 0.15) is 6.04 Å². The van der Waals surface area contributed by atoms with Crippen LogP contribution in [-0.4, -0.2) is 62.1 Å². The average molecular weight is 404 g/mol. The number of sulfonamides is 1. The highest BCUT2D eigenvalue weighted by molar-refractivity contribution is 7.89. The molecule has 0 radical (unpaired) electrons. The van der Waals surface area contributed by atoms with Gasteiger partial charge in [-0.1, -0.05) is 24.6 Å². The molecule has 0 aliphatic carbocycles. The maximum atomic E-state index is 12.9. The predicted molar refractivity (Wildman–Crippen MR) is 101 cm³/mol. The number of nitrogens with one attached hydrogen (secondary N) is 2. The fourth-order valence-corrected chi connectivity index (χ4v) is 5.14. The fraction of sp³-hybridized carbons (Fsp3) is 0.588. The first kappa shape index (κ1) is 21.1. The predicted octanol–water partition coefficient (Wildman–Crippen LogP) is 0.348. The van der Waals surface area contributed by atoms with Gasteiger partial charge < -0.3 is 15.7 Å². The lowest BCUT2D eigenvalue weighted by atomic mass is 10.0. The van der Waals surface area contributed by atoms with Crippen molar-refractivity contribution in [3.8, 4) is 0 Å². The van der Waals surface area contributed by atoms with E-state index in [1.807, 2.05) is 0 Å². The second kappa shape index (κ2) is 9.14. The number of carbonyl (C=O) groups excluding carboxylic acids is 1. The summed E-state index contributed by atoms with van der Waals surface area (Å²) in [5.74, 6) is -0.315. The van der Waals surface area contributed by atoms with Crippen molar-refractivity contribution in [3.05, 3.63) is 30.3 Å². The lowest BCUT2D eigenvalue weighted by Crippen LogP contribution is -2.52. The van der Waals surface area contributed by atoms with Gasteiger partial charge in [-0.2, -0.15) is 4.31 Å². The molecule has 0 spiro atoms. The van der Waals surface area contributed by atoms with Crippen LogP contribution in [-0.2, 0) is 14.8 Å². The molecular weight excluding hydrogens is 378 g/mol. The molecule has 2 fully saturated rings. The Balaban J connectivity index is 0.00000243. The summed E-state index contributed by atoms with van der Waals surface area (Å²) >= 11 is 0. The van der Waals surface area contributed by atoms with Gasteiger partial charge in [0, 0.05) is 32.1 Å². The molecule has 2 aliphatic heterocycles. The van der Waals surface area contributed by atoms with Gasteiger partial charge >= 0.3 is 0 Å². The molecule has 1 aromatic rings. The average Bonchev–Trinajstić information content (AvgIpc) is 3.05. The van der Waals surface area contributed by atoms with E-state index < -0.39 is 22.2 Å². The molecule has 146 valence electrons. The van der Waals surface area contributed by atoms with E-state index in [1.54, 1.807) is 30.3 Å². The first-order valence-electron chi connectivity index (χ1n) is 8.73. The lowest BCUT2D eigenvalue weighted by molar-refractivity contribution is -0.126. The molecule has 26 heavy (non-hydrogen) atoms. The molecule has 0 bridgehead atoms. The Kier molecular flexibility index (Phi) is 7.42. The number of benzene rings is 1. The summed E-state index contributed by atoms with van der Waals surface area (Å²) in [7, 11) is -3.69. The van der Waals surface area contributed by atoms with E-state index >= 15 is 0 Å². The number of piperidine rings is 1. The highest BCUT2D eigenvalue weighted by atomic mass is 35.5. The van der Waals surface area contributed by atoms with Crippen molar-refractivity contribution in [1.82, 2.24) is 14.9 Å². The smallest absolute Gasteiger partial charge is 0.243 e. The van der Waals surface area contributed by atoms with Crippen LogP contribution in [0.25, 0.3) is 0 Å². The van der Waals surface area contributed by atoms with Crippen molar-refractivity contribution in [2.24, 2.45) is 5.92 Å². The Morgan fingerprint density at radius 1 is 1.23 bits per heavy atom. The van der Waals surface area contributed by atoms with Crippen LogP contribution in [0.3, 0.4) is 0 Å². The van der Waals surface area contributed by atoms with E-state index in [1.165, 1.54) is 4.31 Å². The highest BCUT2D eigenvalue weighted by Gasteiger charge is 2.38. The molecule has 2 heterocycles. The van der Waals surface area contributed by atoms with Gasteiger partial charge in [0.15, 0.2) is 0 Å². The number of halogens is 1. The molecule has 0 aromatic heterocycles. The van der Waals surface area contributed by atoms with Crippen molar-refractivity contribution in [3.63, 3.8) is 0 Å². The zero-order chi connectivity index (χ0) is 17.9. The van der Waals surface area contributed by atoms with Gasteiger partial charge in [0.2, 0.25) is 15.9 Å². The number of aliphatic hydroxyl groups excluding tert-OH is 1. The quantitative estimate of drug-likeness (QED) is 0.658. The van der Waals surface area contributed by atoms with E-state index in [4.69, 9.17) is 0 Å². The number of amides is 1. The third-order valence-corrected chi connectivity index (χ3v) is 6.87. The molecule has 1 amide bonds. The van der Waals surface area contributed by atoms with Crippen LogP contribution in [0, 0.1) is 5.92 Å². The Morgan fingerprint density at radius 2 is 1.96 bits per heavy atom. The number of carbonyl (C=O) groups is 1. The van der Waals surface area contributed by atoms with E-state index in [0.29, 0.717) is 32.6 Å². The van der Waals surface area contributed by atoms with E-state index in [2.05, 4.69) is 10.6 Å². The molecule has 3 atom stereocenters. The van der Waals surface area contributed by atoms with Crippen LogP contribution >= 0.6 is 12.4 Å². The lowest BCUT2D eigenvalue weighted by Gasteiger charge is -2.34. The number of aliphatic hydroxyl groups is 1. The minimum atomic E-state index is -3.69. The summed E-state index contributed by atoms with van der Waals surface area (Å²) in [5, 5.41) is 15.7. The number of hydrogen-bond donors (Lipinski definition) is 3. The maximum Gasteiger partial charge on any atom is 0.243 e. The molecule has 9 heteroatoms. The molecule has 2 saturated heterocycles. The Morgan fingerprint density at radius 3 is 2.62 bits per heavy atom. The number of β-amino-alcohol motifs (C(OH)–C–C–N with tert-alkyl or cyclic N) is 1. The molecule has 7 nitrogen and oxygen atoms in total. The van der Waals surface area contributed by atoms with Crippen LogP contribution in [0.2, 0.25) is 0 Å². The zero-order valence-corrected chi connectivity index (χ0v) is 16.1. The van der Waals surface area contributed by atoms with Crippen molar-refractivity contribution < 1.29 is 18.3 Å². The van der Waals surface area contributed by atoms with Crippen LogP contribution in [0.15, 0.2) is 35.2 Å². The van der Waals surface area contributed by atoms with Crippen LogP contribution in [0.5, 0.6) is 0 Å². The molecule has 0 saturated carbocycles. The molecular formula is C17H26ClN3O4S. The normalized spacial score (nSPS) is 26.9. The second-order valence-corrected chi connectivity index (χ2v) is 8.56. The summed E-state index contributed by atoms with van der Waals surface area (Å²) in [6.45, 7) is 1.88. The topological polar surface area (TPSA) is 98.7 Å². The molecule has 3 N–H and O–H groups in total. The molecule has 2 aliphatic rings. The van der Waals surface area contributed by atoms with Crippen LogP contribution < -0.4 is 10.6 Å². The van der Waals surface area contributed by atoms with Gasteiger partial charge in [-0.15, -0.1) is 12.4 Å². The zero-order valence-electron chi connectivity index (χ0n) is 14.5. The van der Waals surface area contributed by atoms with Gasteiger partial charge in [0.25, 0.3) is 0 Å². The Hall–Kier alpha value is -1.19. The van der Waals surface area contributed by atoms with E-state index in [0.717, 1.165) is 12.8 Å². The molecule has 3 rings (SSSR count). The fourth-order valence-electron chi connectivity index (χ4n) is 3.46. The summed E-state index contributed by atoms with van der Waals surface area (Å²) in [6.07, 6.45) is 1.62. The Bertz CT molecular complexity index is 701. The van der Waals surface area contributed by atoms with Gasteiger partial charge in [-0.25, -0.2) is 8.42 Å². The molecule has 1 aromatic carbocycles. The SMILES string of the molecule is Cl.O=C(NCC1CNCC1O)C1CCCCN1S(=O)(=O)c1ccccc1. The minimum Gasteiger partial charge on any atom is -0.391 e. The first-order valence-corrected chi connectivity index (χ1v) is 10.2. The van der Waals surface area contributed by atoms with Gasteiger partial charge in [0.05, 0.1) is 11.0 Å². The highest BCUT2D eigenvalue weighted by Crippen LogP contribution is 2.25.